The molecule has 0 aromatic heterocycles. The average molecular weight is 325 g/mol. The Hall–Kier alpha value is -1.49. The summed E-state index contributed by atoms with van der Waals surface area (Å²) in [5, 5.41) is 5.70. The zero-order chi connectivity index (χ0) is 17.1. The van der Waals surface area contributed by atoms with E-state index in [0.29, 0.717) is 17.0 Å². The first-order chi connectivity index (χ1) is 10.3. The van der Waals surface area contributed by atoms with Crippen LogP contribution in [0.15, 0.2) is 18.2 Å². The number of carbonyl (C=O) groups excluding carboxylic acids is 2. The maximum absolute atomic E-state index is 11.9. The van der Waals surface area contributed by atoms with Gasteiger partial charge in [0.2, 0.25) is 5.91 Å². The number of aryl methyl sites for hydroxylation is 1. The molecule has 0 unspecified atom stereocenters. The van der Waals surface area contributed by atoms with Gasteiger partial charge in [0, 0.05) is 10.6 Å². The monoisotopic (exact) mass is 324 g/mol. The smallest absolute Gasteiger partial charge is 0.252 e. The highest BCUT2D eigenvalue weighted by molar-refractivity contribution is 6.31. The largest absolute Gasteiger partial charge is 0.363 e. The molecule has 0 atom stereocenters. The molecule has 0 saturated carbocycles. The highest BCUT2D eigenvalue weighted by Crippen LogP contribution is 2.16. The molecule has 0 aliphatic carbocycles. The fourth-order valence-electron chi connectivity index (χ4n) is 1.58. The Labute approximate surface area is 139 Å². The van der Waals surface area contributed by atoms with E-state index >= 15 is 0 Å². The van der Waals surface area contributed by atoms with Crippen LogP contribution in [0.2, 0.25) is 5.02 Å². The molecule has 0 aliphatic rings. The van der Waals surface area contributed by atoms with Gasteiger partial charge in [-0.15, -0.1) is 0 Å². The van der Waals surface area contributed by atoms with Crippen LogP contribution in [0.25, 0.3) is 0 Å². The van der Waals surface area contributed by atoms with Gasteiger partial charge in [-0.1, -0.05) is 45.4 Å². The number of rotatable bonds is 5. The summed E-state index contributed by atoms with van der Waals surface area (Å²) in [6, 6.07) is 5.19. The molecular formula is C16H26BClN2O2. The van der Waals surface area contributed by atoms with Gasteiger partial charge in [0.05, 0.1) is 6.54 Å². The lowest BCUT2D eigenvalue weighted by Crippen LogP contribution is -2.37. The third kappa shape index (κ3) is 8.72. The van der Waals surface area contributed by atoms with Crippen molar-refractivity contribution < 1.29 is 9.59 Å². The molecule has 2 N–H and O–H groups in total. The van der Waals surface area contributed by atoms with E-state index in [-0.39, 0.29) is 18.4 Å². The maximum atomic E-state index is 11.9. The number of carbonyl (C=O) groups is 2. The van der Waals surface area contributed by atoms with E-state index in [0.717, 1.165) is 17.9 Å². The van der Waals surface area contributed by atoms with E-state index in [4.69, 9.17) is 11.6 Å². The van der Waals surface area contributed by atoms with Crippen LogP contribution < -0.4 is 10.6 Å². The Morgan fingerprint density at radius 3 is 2.32 bits per heavy atom. The molecule has 0 saturated heterocycles. The molecule has 0 bridgehead atoms. The molecule has 1 rings (SSSR count). The summed E-state index contributed by atoms with van der Waals surface area (Å²) in [5.74, 6) is 0.353. The van der Waals surface area contributed by atoms with Crippen LogP contribution in [-0.4, -0.2) is 32.6 Å². The Kier molecular flexibility index (Phi) is 10.4. The van der Waals surface area contributed by atoms with Gasteiger partial charge >= 0.3 is 0 Å². The van der Waals surface area contributed by atoms with Crippen LogP contribution in [0.5, 0.6) is 0 Å². The van der Waals surface area contributed by atoms with E-state index in [9.17, 15) is 9.59 Å². The van der Waals surface area contributed by atoms with Crippen LogP contribution in [-0.2, 0) is 11.2 Å². The zero-order valence-electron chi connectivity index (χ0n) is 14.1. The predicted molar refractivity (Wildman–Crippen MR) is 95.2 cm³/mol. The molecular weight excluding hydrogens is 298 g/mol. The number of nitrogens with one attached hydrogen (secondary N) is 2. The molecule has 122 valence electrons. The van der Waals surface area contributed by atoms with Crippen LogP contribution >= 0.6 is 11.6 Å². The minimum Gasteiger partial charge on any atom is -0.363 e. The number of hydrogen-bond acceptors (Lipinski definition) is 2. The molecule has 0 heterocycles. The second-order valence-corrected chi connectivity index (χ2v) is 5.96. The van der Waals surface area contributed by atoms with Crippen LogP contribution in [0, 0.1) is 5.92 Å². The van der Waals surface area contributed by atoms with Crippen molar-refractivity contribution in [3.8, 4) is 0 Å². The van der Waals surface area contributed by atoms with Crippen molar-refractivity contribution in [3.63, 3.8) is 0 Å². The third-order valence-corrected chi connectivity index (χ3v) is 2.72. The number of halogens is 1. The number of amides is 2. The number of hydrogen-bond donors (Lipinski definition) is 2. The van der Waals surface area contributed by atoms with E-state index in [2.05, 4.69) is 31.4 Å². The highest BCUT2D eigenvalue weighted by atomic mass is 35.5. The molecule has 1 aromatic carbocycles. The molecule has 4 nitrogen and oxygen atoms in total. The summed E-state index contributed by atoms with van der Waals surface area (Å²) in [4.78, 5) is 23.2. The van der Waals surface area contributed by atoms with Crippen molar-refractivity contribution in [1.29, 1.82) is 0 Å². The van der Waals surface area contributed by atoms with Gasteiger partial charge in [-0.3, -0.25) is 9.59 Å². The molecule has 22 heavy (non-hydrogen) atoms. The van der Waals surface area contributed by atoms with Crippen LogP contribution in [0.1, 0.15) is 43.6 Å². The van der Waals surface area contributed by atoms with Gasteiger partial charge in [0.25, 0.3) is 5.91 Å². The van der Waals surface area contributed by atoms with Gasteiger partial charge in [-0.25, -0.2) is 0 Å². The van der Waals surface area contributed by atoms with Crippen molar-refractivity contribution in [3.05, 3.63) is 34.3 Å². The topological polar surface area (TPSA) is 58.2 Å². The fraction of sp³-hybridized carbons (Fsp3) is 0.500. The van der Waals surface area contributed by atoms with Gasteiger partial charge in [0.1, 0.15) is 7.85 Å². The van der Waals surface area contributed by atoms with Crippen LogP contribution in [0.3, 0.4) is 0 Å². The van der Waals surface area contributed by atoms with Gasteiger partial charge in [0.15, 0.2) is 0 Å². The Bertz CT molecular complexity index is 490. The van der Waals surface area contributed by atoms with Gasteiger partial charge in [-0.2, -0.15) is 0 Å². The van der Waals surface area contributed by atoms with E-state index < -0.39 is 0 Å². The second kappa shape index (κ2) is 11.1. The second-order valence-electron chi connectivity index (χ2n) is 5.52. The molecule has 0 spiro atoms. The van der Waals surface area contributed by atoms with Crippen molar-refractivity contribution in [2.24, 2.45) is 5.92 Å². The minimum atomic E-state index is -0.277. The fourth-order valence-corrected chi connectivity index (χ4v) is 1.76. The van der Waals surface area contributed by atoms with Crippen molar-refractivity contribution in [2.75, 3.05) is 13.0 Å². The Morgan fingerprint density at radius 1 is 1.23 bits per heavy atom. The summed E-state index contributed by atoms with van der Waals surface area (Å²) in [6.07, 6.45) is 1.28. The predicted octanol–water partition coefficient (Wildman–Crippen LogP) is 2.00. The summed E-state index contributed by atoms with van der Waals surface area (Å²) < 4.78 is 0. The summed E-state index contributed by atoms with van der Waals surface area (Å²) >= 11 is 5.87. The molecule has 2 amide bonds. The third-order valence-electron chi connectivity index (χ3n) is 2.48. The lowest BCUT2D eigenvalue weighted by Gasteiger charge is -2.09. The van der Waals surface area contributed by atoms with Crippen molar-refractivity contribution >= 4 is 31.3 Å². The van der Waals surface area contributed by atoms with Crippen molar-refractivity contribution in [1.82, 2.24) is 10.6 Å². The first kappa shape index (κ1) is 20.5. The van der Waals surface area contributed by atoms with E-state index in [1.54, 1.807) is 12.1 Å². The van der Waals surface area contributed by atoms with Gasteiger partial charge < -0.3 is 10.6 Å². The summed E-state index contributed by atoms with van der Waals surface area (Å²) in [7, 11) is 1.83. The Balaban J connectivity index is 0.000000980. The highest BCUT2D eigenvalue weighted by Gasteiger charge is 2.11. The normalized spacial score (nSPS) is 9.73. The van der Waals surface area contributed by atoms with Gasteiger partial charge in [-0.05, 0) is 36.5 Å². The molecule has 0 aliphatic heterocycles. The first-order valence-corrected chi connectivity index (χ1v) is 8.02. The summed E-state index contributed by atoms with van der Waals surface area (Å²) in [5.41, 5.74) is 1.43. The zero-order valence-corrected chi connectivity index (χ0v) is 14.9. The quantitative estimate of drug-likeness (QED) is 0.814. The summed E-state index contributed by atoms with van der Waals surface area (Å²) in [6.45, 7) is 8.44. The van der Waals surface area contributed by atoms with Crippen molar-refractivity contribution in [2.45, 2.75) is 34.1 Å². The number of benzene rings is 1. The standard InChI is InChI=1S/C12H16BClN2O2.C4H10/c1-2-8-3-4-9(14)5-10(8)12(18)15-6-11(17)16-7-13;1-4(2)3/h3-5H,2,6-7,13H2,1H3,(H,15,18)(H,16,17);4H,1-3H3. The van der Waals surface area contributed by atoms with E-state index in [1.165, 1.54) is 0 Å². The SMILES string of the molecule is BCNC(=O)CNC(=O)c1cc(Cl)ccc1CC.CC(C)C. The van der Waals surface area contributed by atoms with E-state index in [1.807, 2.05) is 20.8 Å². The molecule has 1 aromatic rings. The van der Waals surface area contributed by atoms with Crippen LogP contribution in [0.4, 0.5) is 0 Å². The lowest BCUT2D eigenvalue weighted by molar-refractivity contribution is -0.119. The lowest BCUT2D eigenvalue weighted by atomic mass is 10.0. The molecule has 0 radical (unpaired) electrons. The molecule has 6 heteroatoms. The first-order valence-electron chi connectivity index (χ1n) is 7.65. The average Bonchev–Trinajstić information content (AvgIpc) is 2.44. The minimum absolute atomic E-state index is 0.0255. The molecule has 0 fully saturated rings. The maximum Gasteiger partial charge on any atom is 0.252 e. The Morgan fingerprint density at radius 2 is 1.82 bits per heavy atom.